The lowest BCUT2D eigenvalue weighted by Crippen LogP contribution is -1.76. The van der Waals surface area contributed by atoms with E-state index >= 15 is 0 Å². The molecule has 1 aromatic carbocycles. The van der Waals surface area contributed by atoms with Crippen molar-refractivity contribution in [2.45, 2.75) is 6.92 Å². The molecule has 0 aliphatic carbocycles. The minimum absolute atomic E-state index is 0.267. The summed E-state index contributed by atoms with van der Waals surface area (Å²) in [6.07, 6.45) is 0. The standard InChI is InChI=1S/C11H8FN3O/c1-6-13-11(16-15-6)10-5-7-8(12)3-2-4-9(7)14-10/h2-5,14H,1H3. The first-order valence-corrected chi connectivity index (χ1v) is 4.82. The van der Waals surface area contributed by atoms with Gasteiger partial charge in [-0.3, -0.25) is 0 Å². The monoisotopic (exact) mass is 217 g/mol. The number of nitrogens with one attached hydrogen (secondary N) is 1. The quantitative estimate of drug-likeness (QED) is 0.681. The second-order valence-corrected chi connectivity index (χ2v) is 3.53. The van der Waals surface area contributed by atoms with Crippen LogP contribution in [0.5, 0.6) is 0 Å². The Hall–Kier alpha value is -2.17. The Labute approximate surface area is 90.1 Å². The van der Waals surface area contributed by atoms with E-state index in [1.807, 2.05) is 0 Å². The topological polar surface area (TPSA) is 54.7 Å². The maximum atomic E-state index is 13.4. The van der Waals surface area contributed by atoms with Crippen molar-refractivity contribution in [3.8, 4) is 11.6 Å². The van der Waals surface area contributed by atoms with E-state index < -0.39 is 0 Å². The molecule has 5 heteroatoms. The highest BCUT2D eigenvalue weighted by molar-refractivity contribution is 5.84. The molecule has 16 heavy (non-hydrogen) atoms. The molecule has 2 heterocycles. The number of hydrogen-bond acceptors (Lipinski definition) is 3. The van der Waals surface area contributed by atoms with Gasteiger partial charge in [-0.1, -0.05) is 11.2 Å². The van der Waals surface area contributed by atoms with Crippen LogP contribution in [0.2, 0.25) is 0 Å². The van der Waals surface area contributed by atoms with E-state index in [4.69, 9.17) is 4.52 Å². The lowest BCUT2D eigenvalue weighted by molar-refractivity contribution is 0.424. The van der Waals surface area contributed by atoms with Gasteiger partial charge in [0.1, 0.15) is 11.5 Å². The number of H-pyrrole nitrogens is 1. The molecule has 80 valence electrons. The molecular weight excluding hydrogens is 209 g/mol. The molecule has 0 unspecified atom stereocenters. The van der Waals surface area contributed by atoms with Crippen molar-refractivity contribution in [3.05, 3.63) is 35.9 Å². The van der Waals surface area contributed by atoms with Crippen LogP contribution in [0.4, 0.5) is 4.39 Å². The van der Waals surface area contributed by atoms with Gasteiger partial charge >= 0.3 is 0 Å². The average molecular weight is 217 g/mol. The molecule has 2 aromatic heterocycles. The molecule has 0 spiro atoms. The molecule has 0 aliphatic heterocycles. The number of aromatic amines is 1. The third-order valence-electron chi connectivity index (χ3n) is 2.37. The van der Waals surface area contributed by atoms with Gasteiger partial charge in [-0.25, -0.2) is 4.39 Å². The summed E-state index contributed by atoms with van der Waals surface area (Å²) in [7, 11) is 0. The number of aryl methyl sites for hydroxylation is 1. The molecular formula is C11H8FN3O. The summed E-state index contributed by atoms with van der Waals surface area (Å²) in [5, 5.41) is 4.21. The molecule has 0 saturated heterocycles. The molecule has 3 aromatic rings. The molecule has 4 nitrogen and oxygen atoms in total. The van der Waals surface area contributed by atoms with Gasteiger partial charge in [-0.2, -0.15) is 4.98 Å². The molecule has 0 amide bonds. The van der Waals surface area contributed by atoms with Crippen molar-refractivity contribution in [2.75, 3.05) is 0 Å². The van der Waals surface area contributed by atoms with Gasteiger partial charge in [-0.05, 0) is 25.1 Å². The van der Waals surface area contributed by atoms with Crippen molar-refractivity contribution in [2.24, 2.45) is 0 Å². The summed E-state index contributed by atoms with van der Waals surface area (Å²) in [6, 6.07) is 6.53. The highest BCUT2D eigenvalue weighted by Gasteiger charge is 2.11. The number of hydrogen-bond donors (Lipinski definition) is 1. The maximum Gasteiger partial charge on any atom is 0.274 e. The Balaban J connectivity index is 2.22. The largest absolute Gasteiger partial charge is 0.350 e. The Morgan fingerprint density at radius 3 is 2.94 bits per heavy atom. The summed E-state index contributed by atoms with van der Waals surface area (Å²) in [4.78, 5) is 7.10. The van der Waals surface area contributed by atoms with Crippen LogP contribution in [0.1, 0.15) is 5.82 Å². The van der Waals surface area contributed by atoms with Gasteiger partial charge in [0.25, 0.3) is 5.89 Å². The molecule has 1 N–H and O–H groups in total. The molecule has 0 aliphatic rings. The lowest BCUT2D eigenvalue weighted by atomic mass is 10.2. The molecule has 0 radical (unpaired) electrons. The summed E-state index contributed by atoms with van der Waals surface area (Å²) < 4.78 is 18.4. The van der Waals surface area contributed by atoms with Crippen molar-refractivity contribution < 1.29 is 8.91 Å². The summed E-state index contributed by atoms with van der Waals surface area (Å²) in [5.74, 6) is 0.651. The van der Waals surface area contributed by atoms with Gasteiger partial charge < -0.3 is 9.51 Å². The Morgan fingerprint density at radius 2 is 2.25 bits per heavy atom. The Morgan fingerprint density at radius 1 is 1.38 bits per heavy atom. The van der Waals surface area contributed by atoms with Crippen LogP contribution in [0.3, 0.4) is 0 Å². The first-order chi connectivity index (χ1) is 7.74. The van der Waals surface area contributed by atoms with Crippen LogP contribution in [0.25, 0.3) is 22.5 Å². The predicted octanol–water partition coefficient (Wildman–Crippen LogP) is 2.67. The minimum atomic E-state index is -0.267. The van der Waals surface area contributed by atoms with Crippen molar-refractivity contribution in [3.63, 3.8) is 0 Å². The van der Waals surface area contributed by atoms with Crippen molar-refractivity contribution in [1.29, 1.82) is 0 Å². The molecule has 0 atom stereocenters. The SMILES string of the molecule is Cc1noc(-c2cc3c(F)cccc3[nH]2)n1. The van der Waals surface area contributed by atoms with Crippen LogP contribution in [0, 0.1) is 12.7 Å². The average Bonchev–Trinajstić information content (AvgIpc) is 2.84. The van der Waals surface area contributed by atoms with E-state index in [1.54, 1.807) is 25.1 Å². The smallest absolute Gasteiger partial charge is 0.274 e. The second kappa shape index (κ2) is 3.16. The number of halogens is 1. The predicted molar refractivity (Wildman–Crippen MR) is 56.3 cm³/mol. The zero-order chi connectivity index (χ0) is 11.1. The fraction of sp³-hybridized carbons (Fsp3) is 0.0909. The Bertz CT molecular complexity index is 656. The normalized spacial score (nSPS) is 11.1. The van der Waals surface area contributed by atoms with E-state index in [2.05, 4.69) is 15.1 Å². The number of nitrogens with zero attached hydrogens (tertiary/aromatic N) is 2. The number of benzene rings is 1. The minimum Gasteiger partial charge on any atom is -0.350 e. The van der Waals surface area contributed by atoms with Gasteiger partial charge in [0, 0.05) is 10.9 Å². The first-order valence-electron chi connectivity index (χ1n) is 4.82. The Kier molecular flexibility index (Phi) is 1.80. The summed E-state index contributed by atoms with van der Waals surface area (Å²) in [6.45, 7) is 1.73. The third kappa shape index (κ3) is 1.29. The van der Waals surface area contributed by atoms with E-state index in [9.17, 15) is 4.39 Å². The summed E-state index contributed by atoms with van der Waals surface area (Å²) in [5.41, 5.74) is 1.34. The van der Waals surface area contributed by atoms with Crippen molar-refractivity contribution >= 4 is 10.9 Å². The lowest BCUT2D eigenvalue weighted by Gasteiger charge is -1.88. The van der Waals surface area contributed by atoms with Crippen molar-refractivity contribution in [1.82, 2.24) is 15.1 Å². The van der Waals surface area contributed by atoms with Gasteiger partial charge in [-0.15, -0.1) is 0 Å². The van der Waals surface area contributed by atoms with E-state index in [-0.39, 0.29) is 5.82 Å². The van der Waals surface area contributed by atoms with Crippen LogP contribution in [-0.4, -0.2) is 15.1 Å². The molecule has 0 bridgehead atoms. The fourth-order valence-corrected chi connectivity index (χ4v) is 1.64. The highest BCUT2D eigenvalue weighted by Crippen LogP contribution is 2.24. The summed E-state index contributed by atoms with van der Waals surface area (Å²) >= 11 is 0. The molecule has 3 rings (SSSR count). The van der Waals surface area contributed by atoms with Crippen LogP contribution < -0.4 is 0 Å². The molecule has 0 saturated carbocycles. The zero-order valence-corrected chi connectivity index (χ0v) is 8.49. The third-order valence-corrected chi connectivity index (χ3v) is 2.37. The van der Waals surface area contributed by atoms with E-state index in [0.29, 0.717) is 28.3 Å². The van der Waals surface area contributed by atoms with Crippen LogP contribution in [-0.2, 0) is 0 Å². The number of aromatic nitrogens is 3. The second-order valence-electron chi connectivity index (χ2n) is 3.53. The maximum absolute atomic E-state index is 13.4. The van der Waals surface area contributed by atoms with Crippen LogP contribution in [0.15, 0.2) is 28.8 Å². The van der Waals surface area contributed by atoms with Gasteiger partial charge in [0.05, 0.1) is 0 Å². The van der Waals surface area contributed by atoms with Gasteiger partial charge in [0.2, 0.25) is 0 Å². The van der Waals surface area contributed by atoms with Gasteiger partial charge in [0.15, 0.2) is 5.82 Å². The van der Waals surface area contributed by atoms with Crippen LogP contribution >= 0.6 is 0 Å². The number of rotatable bonds is 1. The highest BCUT2D eigenvalue weighted by atomic mass is 19.1. The fourth-order valence-electron chi connectivity index (χ4n) is 1.64. The van der Waals surface area contributed by atoms with E-state index in [0.717, 1.165) is 0 Å². The van der Waals surface area contributed by atoms with E-state index in [1.165, 1.54) is 6.07 Å². The molecule has 0 fully saturated rings. The number of fused-ring (bicyclic) bond motifs is 1. The first kappa shape index (κ1) is 9.08. The zero-order valence-electron chi connectivity index (χ0n) is 8.49.